The van der Waals surface area contributed by atoms with Crippen LogP contribution in [0.5, 0.6) is 5.75 Å². The molecule has 0 bridgehead atoms. The molecule has 0 aromatic heterocycles. The van der Waals surface area contributed by atoms with Crippen molar-refractivity contribution in [2.24, 2.45) is 5.16 Å². The fraction of sp³-hybridized carbons (Fsp3) is 0.0909. The second kappa shape index (κ2) is 8.15. The maximum absolute atomic E-state index is 12.1. The van der Waals surface area contributed by atoms with Crippen molar-refractivity contribution in [3.05, 3.63) is 95.0 Å². The number of carbonyl (C=O) groups is 1. The lowest BCUT2D eigenvalue weighted by molar-refractivity contribution is 0.163. The Labute approximate surface area is 167 Å². The van der Waals surface area contributed by atoms with Crippen LogP contribution in [-0.4, -0.2) is 11.8 Å². The topological polar surface area (TPSA) is 59.9 Å². The Morgan fingerprint density at radius 2 is 1.82 bits per heavy atom. The van der Waals surface area contributed by atoms with Crippen LogP contribution in [-0.2, 0) is 4.84 Å². The minimum Gasteiger partial charge on any atom is -0.485 e. The fourth-order valence-corrected chi connectivity index (χ4v) is 3.22. The highest BCUT2D eigenvalue weighted by atomic mass is 35.5. The van der Waals surface area contributed by atoms with Crippen LogP contribution < -0.4 is 10.1 Å². The number of hydrogen-bond donors (Lipinski definition) is 1. The predicted octanol–water partition coefficient (Wildman–Crippen LogP) is 5.82. The monoisotopic (exact) mass is 392 g/mol. The molecule has 3 aromatic rings. The molecule has 1 unspecified atom stereocenters. The van der Waals surface area contributed by atoms with Crippen LogP contribution in [0.2, 0.25) is 5.02 Å². The highest BCUT2D eigenvalue weighted by Gasteiger charge is 2.26. The van der Waals surface area contributed by atoms with Gasteiger partial charge in [-0.1, -0.05) is 65.3 Å². The predicted molar refractivity (Wildman–Crippen MR) is 109 cm³/mol. The molecule has 0 fully saturated rings. The molecule has 3 aromatic carbocycles. The minimum atomic E-state index is -0.685. The summed E-state index contributed by atoms with van der Waals surface area (Å²) in [5.41, 5.74) is 3.03. The van der Waals surface area contributed by atoms with Gasteiger partial charge in [0.2, 0.25) is 0 Å². The van der Waals surface area contributed by atoms with Crippen LogP contribution in [0.1, 0.15) is 23.7 Å². The number of anilines is 1. The summed E-state index contributed by atoms with van der Waals surface area (Å²) in [6, 6.07) is 24.3. The Bertz CT molecular complexity index is 1020. The SMILES string of the molecule is O=C(Nc1cccc(Cl)c1)O/N=C1\CC(c2ccccc2)Oc2ccccc21. The smallest absolute Gasteiger partial charge is 0.437 e. The van der Waals surface area contributed by atoms with Gasteiger partial charge >= 0.3 is 6.09 Å². The molecule has 0 radical (unpaired) electrons. The average molecular weight is 393 g/mol. The van der Waals surface area contributed by atoms with E-state index in [1.54, 1.807) is 24.3 Å². The molecule has 0 spiro atoms. The van der Waals surface area contributed by atoms with Gasteiger partial charge in [0.25, 0.3) is 0 Å². The molecule has 1 N–H and O–H groups in total. The van der Waals surface area contributed by atoms with Gasteiger partial charge in [-0.15, -0.1) is 0 Å². The number of fused-ring (bicyclic) bond motifs is 1. The van der Waals surface area contributed by atoms with E-state index in [0.717, 1.165) is 11.1 Å². The molecule has 1 heterocycles. The van der Waals surface area contributed by atoms with Crippen LogP contribution in [0.4, 0.5) is 10.5 Å². The zero-order valence-corrected chi connectivity index (χ0v) is 15.6. The van der Waals surface area contributed by atoms with Crippen LogP contribution in [0.15, 0.2) is 84.0 Å². The second-order valence-electron chi connectivity index (χ2n) is 6.27. The van der Waals surface area contributed by atoms with Gasteiger partial charge in [-0.2, -0.15) is 0 Å². The number of carbonyl (C=O) groups excluding carboxylic acids is 1. The summed E-state index contributed by atoms with van der Waals surface area (Å²) in [6.45, 7) is 0. The molecular formula is C22H17ClN2O3. The number of halogens is 1. The normalized spacial score (nSPS) is 16.8. The van der Waals surface area contributed by atoms with E-state index in [1.165, 1.54) is 0 Å². The van der Waals surface area contributed by atoms with Crippen molar-refractivity contribution in [2.45, 2.75) is 12.5 Å². The van der Waals surface area contributed by atoms with Crippen molar-refractivity contribution in [2.75, 3.05) is 5.32 Å². The molecule has 1 aliphatic rings. The van der Waals surface area contributed by atoms with E-state index in [0.29, 0.717) is 28.6 Å². The molecule has 1 amide bonds. The average Bonchev–Trinajstić information content (AvgIpc) is 2.72. The van der Waals surface area contributed by atoms with E-state index in [4.69, 9.17) is 21.2 Å². The lowest BCUT2D eigenvalue weighted by atomic mass is 9.96. The van der Waals surface area contributed by atoms with Crippen molar-refractivity contribution in [1.82, 2.24) is 0 Å². The number of rotatable bonds is 3. The summed E-state index contributed by atoms with van der Waals surface area (Å²) < 4.78 is 6.11. The van der Waals surface area contributed by atoms with Crippen molar-refractivity contribution in [3.63, 3.8) is 0 Å². The zero-order valence-electron chi connectivity index (χ0n) is 14.8. The van der Waals surface area contributed by atoms with Gasteiger partial charge in [0.1, 0.15) is 11.9 Å². The van der Waals surface area contributed by atoms with Gasteiger partial charge in [-0.25, -0.2) is 4.79 Å². The molecule has 140 valence electrons. The second-order valence-corrected chi connectivity index (χ2v) is 6.71. The van der Waals surface area contributed by atoms with Crippen LogP contribution in [0.3, 0.4) is 0 Å². The third-order valence-electron chi connectivity index (χ3n) is 4.33. The molecule has 0 saturated carbocycles. The summed E-state index contributed by atoms with van der Waals surface area (Å²) >= 11 is 5.92. The summed E-state index contributed by atoms with van der Waals surface area (Å²) in [7, 11) is 0. The number of benzene rings is 3. The molecule has 4 rings (SSSR count). The first-order valence-electron chi connectivity index (χ1n) is 8.80. The fourth-order valence-electron chi connectivity index (χ4n) is 3.03. The van der Waals surface area contributed by atoms with E-state index in [9.17, 15) is 4.79 Å². The van der Waals surface area contributed by atoms with Gasteiger partial charge in [-0.05, 0) is 35.9 Å². The van der Waals surface area contributed by atoms with E-state index >= 15 is 0 Å². The molecule has 1 aliphatic heterocycles. The summed E-state index contributed by atoms with van der Waals surface area (Å²) in [5, 5.41) is 7.24. The first-order chi connectivity index (χ1) is 13.7. The van der Waals surface area contributed by atoms with Gasteiger partial charge in [-0.3, -0.25) is 10.2 Å². The Morgan fingerprint density at radius 3 is 2.64 bits per heavy atom. The molecule has 1 atom stereocenters. The Morgan fingerprint density at radius 1 is 1.04 bits per heavy atom. The summed E-state index contributed by atoms with van der Waals surface area (Å²) in [6.07, 6.45) is -0.393. The van der Waals surface area contributed by atoms with Crippen molar-refractivity contribution in [1.29, 1.82) is 0 Å². The molecule has 5 nitrogen and oxygen atoms in total. The number of oxime groups is 1. The maximum Gasteiger partial charge on any atom is 0.437 e. The number of para-hydroxylation sites is 1. The summed E-state index contributed by atoms with van der Waals surface area (Å²) in [5.74, 6) is 0.709. The largest absolute Gasteiger partial charge is 0.485 e. The van der Waals surface area contributed by atoms with Crippen molar-refractivity contribution in [3.8, 4) is 5.75 Å². The van der Waals surface area contributed by atoms with Gasteiger partial charge in [0.15, 0.2) is 0 Å². The highest BCUT2D eigenvalue weighted by Crippen LogP contribution is 2.35. The Hall–Kier alpha value is -3.31. The van der Waals surface area contributed by atoms with Gasteiger partial charge in [0.05, 0.1) is 5.71 Å². The van der Waals surface area contributed by atoms with Crippen LogP contribution in [0.25, 0.3) is 0 Å². The number of ether oxygens (including phenoxy) is 1. The van der Waals surface area contributed by atoms with Crippen molar-refractivity contribution < 1.29 is 14.4 Å². The molecule has 0 saturated heterocycles. The number of nitrogens with one attached hydrogen (secondary N) is 1. The number of amides is 1. The van der Waals surface area contributed by atoms with E-state index < -0.39 is 6.09 Å². The number of hydrogen-bond acceptors (Lipinski definition) is 4. The Balaban J connectivity index is 1.54. The summed E-state index contributed by atoms with van der Waals surface area (Å²) in [4.78, 5) is 17.2. The third kappa shape index (κ3) is 4.15. The maximum atomic E-state index is 12.1. The first-order valence-corrected chi connectivity index (χ1v) is 9.18. The highest BCUT2D eigenvalue weighted by molar-refractivity contribution is 6.30. The quantitative estimate of drug-likeness (QED) is 0.451. The lowest BCUT2D eigenvalue weighted by Gasteiger charge is -2.27. The van der Waals surface area contributed by atoms with E-state index in [-0.39, 0.29) is 6.10 Å². The van der Waals surface area contributed by atoms with Crippen LogP contribution in [0, 0.1) is 0 Å². The molecule has 28 heavy (non-hydrogen) atoms. The minimum absolute atomic E-state index is 0.200. The van der Waals surface area contributed by atoms with E-state index in [2.05, 4.69) is 10.5 Å². The van der Waals surface area contributed by atoms with Gasteiger partial charge < -0.3 is 4.74 Å². The molecule has 6 heteroatoms. The lowest BCUT2D eigenvalue weighted by Crippen LogP contribution is -2.22. The van der Waals surface area contributed by atoms with E-state index in [1.807, 2.05) is 54.6 Å². The van der Waals surface area contributed by atoms with Crippen molar-refractivity contribution >= 4 is 29.1 Å². The first kappa shape index (κ1) is 18.1. The van der Waals surface area contributed by atoms with Crippen LogP contribution >= 0.6 is 11.6 Å². The number of nitrogens with zero attached hydrogens (tertiary/aromatic N) is 1. The Kier molecular flexibility index (Phi) is 5.26. The standard InChI is InChI=1S/C22H17ClN2O3/c23-16-9-6-10-17(13-16)24-22(26)28-25-19-14-21(15-7-2-1-3-8-15)27-20-12-5-4-11-18(19)20/h1-13,21H,14H2,(H,24,26)/b25-19+. The molecule has 0 aliphatic carbocycles. The van der Waals surface area contributed by atoms with Gasteiger partial charge in [0, 0.05) is 22.7 Å². The zero-order chi connectivity index (χ0) is 19.3. The third-order valence-corrected chi connectivity index (χ3v) is 4.56. The molecular weight excluding hydrogens is 376 g/mol.